The number of piperidine rings is 1. The fourth-order valence-electron chi connectivity index (χ4n) is 4.37. The van der Waals surface area contributed by atoms with Crippen LogP contribution in [0.15, 0.2) is 30.3 Å². The number of carbonyl (C=O) groups is 2. The van der Waals surface area contributed by atoms with E-state index in [0.717, 1.165) is 37.9 Å². The topological polar surface area (TPSA) is 43.9 Å². The van der Waals surface area contributed by atoms with Gasteiger partial charge in [-0.25, -0.2) is 4.79 Å². The number of urea groups is 1. The summed E-state index contributed by atoms with van der Waals surface area (Å²) in [5.74, 6) is 0.285. The first-order valence-electron chi connectivity index (χ1n) is 10.3. The highest BCUT2D eigenvalue weighted by Gasteiger charge is 2.57. The van der Waals surface area contributed by atoms with Gasteiger partial charge in [-0.05, 0) is 37.7 Å². The molecule has 0 aromatic heterocycles. The van der Waals surface area contributed by atoms with Crippen LogP contribution in [0.2, 0.25) is 0 Å². The zero-order chi connectivity index (χ0) is 19.6. The fraction of sp³-hybridized carbons (Fsp3) is 0.636. The molecular formula is C22H33N3O2. The molecule has 1 aromatic carbocycles. The summed E-state index contributed by atoms with van der Waals surface area (Å²) in [4.78, 5) is 32.5. The second kappa shape index (κ2) is 8.01. The second-order valence-corrected chi connectivity index (χ2v) is 8.49. The van der Waals surface area contributed by atoms with Gasteiger partial charge < -0.3 is 9.80 Å². The highest BCUT2D eigenvalue weighted by atomic mass is 16.2. The fourth-order valence-corrected chi connectivity index (χ4v) is 4.37. The van der Waals surface area contributed by atoms with E-state index in [1.54, 1.807) is 0 Å². The molecule has 1 atom stereocenters. The van der Waals surface area contributed by atoms with Gasteiger partial charge >= 0.3 is 6.03 Å². The molecule has 0 unspecified atom stereocenters. The first-order valence-corrected chi connectivity index (χ1v) is 10.3. The van der Waals surface area contributed by atoms with Crippen LogP contribution in [0.1, 0.15) is 52.5 Å². The molecule has 148 valence electrons. The number of carbonyl (C=O) groups excluding carboxylic acids is 2. The Balaban J connectivity index is 1.88. The Morgan fingerprint density at radius 3 is 2.22 bits per heavy atom. The monoisotopic (exact) mass is 371 g/mol. The van der Waals surface area contributed by atoms with Gasteiger partial charge in [0.15, 0.2) is 0 Å². The predicted octanol–water partition coefficient (Wildman–Crippen LogP) is 3.74. The number of likely N-dealkylation sites (tertiary alicyclic amines) is 1. The van der Waals surface area contributed by atoms with Crippen molar-refractivity contribution in [2.24, 2.45) is 5.92 Å². The molecule has 3 amide bonds. The normalized spacial score (nSPS) is 21.5. The summed E-state index contributed by atoms with van der Waals surface area (Å²) in [7, 11) is 0. The van der Waals surface area contributed by atoms with Crippen LogP contribution < -0.4 is 0 Å². The minimum atomic E-state index is -0.675. The van der Waals surface area contributed by atoms with E-state index in [4.69, 9.17) is 0 Å². The van der Waals surface area contributed by atoms with Crippen LogP contribution in [0.25, 0.3) is 0 Å². The molecule has 1 spiro atoms. The van der Waals surface area contributed by atoms with Crippen molar-refractivity contribution in [2.45, 2.75) is 65.1 Å². The quantitative estimate of drug-likeness (QED) is 0.716. The van der Waals surface area contributed by atoms with Gasteiger partial charge in [0.2, 0.25) is 0 Å². The summed E-state index contributed by atoms with van der Waals surface area (Å²) in [6.45, 7) is 11.3. The van der Waals surface area contributed by atoms with E-state index in [1.165, 1.54) is 4.90 Å². The third-order valence-corrected chi connectivity index (χ3v) is 6.19. The third kappa shape index (κ3) is 3.75. The average Bonchev–Trinajstić information content (AvgIpc) is 2.85. The summed E-state index contributed by atoms with van der Waals surface area (Å²) in [6, 6.07) is 10.4. The zero-order valence-corrected chi connectivity index (χ0v) is 17.1. The van der Waals surface area contributed by atoms with Gasteiger partial charge in [0, 0.05) is 32.2 Å². The summed E-state index contributed by atoms with van der Waals surface area (Å²) in [6.07, 6.45) is 2.56. The molecule has 27 heavy (non-hydrogen) atoms. The highest BCUT2D eigenvalue weighted by Crippen LogP contribution is 2.39. The lowest BCUT2D eigenvalue weighted by atomic mass is 9.84. The molecule has 5 heteroatoms. The van der Waals surface area contributed by atoms with Crippen molar-refractivity contribution in [3.05, 3.63) is 35.9 Å². The molecule has 2 aliphatic rings. The highest BCUT2D eigenvalue weighted by molar-refractivity contribution is 6.07. The molecular weight excluding hydrogens is 338 g/mol. The maximum Gasteiger partial charge on any atom is 0.327 e. The van der Waals surface area contributed by atoms with Gasteiger partial charge in [-0.3, -0.25) is 9.69 Å². The minimum absolute atomic E-state index is 0.0148. The molecule has 3 rings (SSSR count). The number of rotatable bonds is 6. The lowest BCUT2D eigenvalue weighted by Crippen LogP contribution is -2.57. The van der Waals surface area contributed by atoms with Crippen molar-refractivity contribution in [3.8, 4) is 0 Å². The van der Waals surface area contributed by atoms with Crippen LogP contribution >= 0.6 is 0 Å². The molecule has 2 heterocycles. The Morgan fingerprint density at radius 1 is 1.04 bits per heavy atom. The Kier molecular flexibility index (Phi) is 5.89. The number of hydrogen-bond acceptors (Lipinski definition) is 3. The van der Waals surface area contributed by atoms with Crippen LogP contribution in [0, 0.1) is 5.92 Å². The third-order valence-electron chi connectivity index (χ3n) is 6.19. The van der Waals surface area contributed by atoms with Gasteiger partial charge in [0.05, 0.1) is 0 Å². The van der Waals surface area contributed by atoms with Gasteiger partial charge in [-0.1, -0.05) is 51.1 Å². The van der Waals surface area contributed by atoms with Crippen LogP contribution in [-0.4, -0.2) is 57.9 Å². The molecule has 1 aromatic rings. The van der Waals surface area contributed by atoms with E-state index in [2.05, 4.69) is 32.6 Å². The van der Waals surface area contributed by atoms with Crippen molar-refractivity contribution in [2.75, 3.05) is 19.6 Å². The summed E-state index contributed by atoms with van der Waals surface area (Å²) in [5.41, 5.74) is 0.403. The van der Waals surface area contributed by atoms with Crippen molar-refractivity contribution < 1.29 is 9.59 Å². The van der Waals surface area contributed by atoms with Crippen LogP contribution in [-0.2, 0) is 11.3 Å². The standard InChI is InChI=1S/C22H33N3O2/c1-5-18(4)23-13-11-22(12-14-23)20(26)24(15-17(2)3)21(27)25(22)16-19-9-7-6-8-10-19/h6-10,17-18H,5,11-16H2,1-4H3/t18-/m1/s1. The van der Waals surface area contributed by atoms with E-state index in [9.17, 15) is 9.59 Å². The van der Waals surface area contributed by atoms with Crippen molar-refractivity contribution in [1.29, 1.82) is 0 Å². The Morgan fingerprint density at radius 2 is 1.67 bits per heavy atom. The molecule has 0 N–H and O–H groups in total. The second-order valence-electron chi connectivity index (χ2n) is 8.49. The van der Waals surface area contributed by atoms with Crippen LogP contribution in [0.5, 0.6) is 0 Å². The molecule has 0 radical (unpaired) electrons. The van der Waals surface area contributed by atoms with E-state index >= 15 is 0 Å². The van der Waals surface area contributed by atoms with Gasteiger partial charge in [0.25, 0.3) is 5.91 Å². The summed E-state index contributed by atoms with van der Waals surface area (Å²) < 4.78 is 0. The largest absolute Gasteiger partial charge is 0.327 e. The van der Waals surface area contributed by atoms with E-state index < -0.39 is 5.54 Å². The zero-order valence-electron chi connectivity index (χ0n) is 17.1. The smallest absolute Gasteiger partial charge is 0.305 e. The number of amides is 3. The molecule has 2 fully saturated rings. The van der Waals surface area contributed by atoms with Gasteiger partial charge in [-0.2, -0.15) is 0 Å². The Labute approximate surface area is 163 Å². The molecule has 0 aliphatic carbocycles. The van der Waals surface area contributed by atoms with E-state index in [0.29, 0.717) is 19.1 Å². The summed E-state index contributed by atoms with van der Waals surface area (Å²) in [5, 5.41) is 0. The predicted molar refractivity (Wildman–Crippen MR) is 107 cm³/mol. The molecule has 2 aliphatic heterocycles. The van der Waals surface area contributed by atoms with E-state index in [1.807, 2.05) is 35.2 Å². The number of nitrogens with zero attached hydrogens (tertiary/aromatic N) is 3. The van der Waals surface area contributed by atoms with Crippen molar-refractivity contribution in [3.63, 3.8) is 0 Å². The SMILES string of the molecule is CC[C@@H](C)N1CCC2(CC1)C(=O)N(CC(C)C)C(=O)N2Cc1ccccc1. The lowest BCUT2D eigenvalue weighted by Gasteiger charge is -2.44. The molecule has 5 nitrogen and oxygen atoms in total. The first-order chi connectivity index (χ1) is 12.9. The van der Waals surface area contributed by atoms with Crippen LogP contribution in [0.3, 0.4) is 0 Å². The molecule has 0 bridgehead atoms. The summed E-state index contributed by atoms with van der Waals surface area (Å²) >= 11 is 0. The van der Waals surface area contributed by atoms with Crippen LogP contribution in [0.4, 0.5) is 4.79 Å². The average molecular weight is 372 g/mol. The first kappa shape index (κ1) is 19.9. The number of imide groups is 1. The van der Waals surface area contributed by atoms with Crippen molar-refractivity contribution >= 4 is 11.9 Å². The Hall–Kier alpha value is -1.88. The van der Waals surface area contributed by atoms with Gasteiger partial charge in [-0.15, -0.1) is 0 Å². The Bertz CT molecular complexity index is 665. The molecule has 2 saturated heterocycles. The lowest BCUT2D eigenvalue weighted by molar-refractivity contribution is -0.136. The number of hydrogen-bond donors (Lipinski definition) is 0. The van der Waals surface area contributed by atoms with E-state index in [-0.39, 0.29) is 17.9 Å². The molecule has 0 saturated carbocycles. The maximum atomic E-state index is 13.4. The maximum absolute atomic E-state index is 13.4. The number of benzene rings is 1. The van der Waals surface area contributed by atoms with Crippen molar-refractivity contribution in [1.82, 2.24) is 14.7 Å². The minimum Gasteiger partial charge on any atom is -0.305 e. The van der Waals surface area contributed by atoms with Gasteiger partial charge in [0.1, 0.15) is 5.54 Å².